The van der Waals surface area contributed by atoms with Gasteiger partial charge < -0.3 is 0 Å². The number of benzene rings is 2. The minimum Gasteiger partial charge on any atom is -0.253 e. The molecule has 0 aliphatic rings. The second-order valence-electron chi connectivity index (χ2n) is 5.12. The Hall–Kier alpha value is -1.86. The van der Waals surface area contributed by atoms with Crippen LogP contribution in [0.15, 0.2) is 60.7 Å². The number of para-hydroxylation sites is 1. The molecule has 2 aromatic carbocycles. The number of hydrogen-bond acceptors (Lipinski definition) is 1. The Morgan fingerprint density at radius 1 is 0.950 bits per heavy atom. The number of rotatable bonds is 3. The predicted octanol–water partition coefficient (Wildman–Crippen LogP) is 5.23. The number of halogens is 1. The van der Waals surface area contributed by atoms with Crippen LogP contribution in [0, 0.1) is 0 Å². The Balaban J connectivity index is 1.87. The van der Waals surface area contributed by atoms with Gasteiger partial charge in [-0.05, 0) is 36.1 Å². The van der Waals surface area contributed by atoms with E-state index in [9.17, 15) is 0 Å². The van der Waals surface area contributed by atoms with Crippen LogP contribution in [-0.4, -0.2) is 4.98 Å². The highest BCUT2D eigenvalue weighted by Gasteiger charge is 2.11. The van der Waals surface area contributed by atoms with Crippen molar-refractivity contribution in [3.63, 3.8) is 0 Å². The molecular formula is C18H16ClN. The van der Waals surface area contributed by atoms with Crippen LogP contribution in [-0.2, 0) is 6.42 Å². The average molecular weight is 282 g/mol. The molecule has 1 heterocycles. The normalized spacial score (nSPS) is 12.5. The summed E-state index contributed by atoms with van der Waals surface area (Å²) in [6.07, 6.45) is 0.897. The third-order valence-electron chi connectivity index (χ3n) is 3.61. The minimum atomic E-state index is 0.359. The Kier molecular flexibility index (Phi) is 3.70. The Bertz CT molecular complexity index is 736. The van der Waals surface area contributed by atoms with E-state index < -0.39 is 0 Å². The van der Waals surface area contributed by atoms with Crippen molar-refractivity contribution in [1.29, 1.82) is 0 Å². The maximum Gasteiger partial charge on any atom is 0.0705 e. The van der Waals surface area contributed by atoms with Crippen molar-refractivity contribution < 1.29 is 0 Å². The quantitative estimate of drug-likeness (QED) is 0.640. The van der Waals surface area contributed by atoms with Crippen LogP contribution >= 0.6 is 11.6 Å². The van der Waals surface area contributed by atoms with Gasteiger partial charge in [-0.3, -0.25) is 4.98 Å². The zero-order chi connectivity index (χ0) is 13.9. The maximum atomic E-state index is 6.26. The molecule has 0 N–H and O–H groups in total. The first-order valence-electron chi connectivity index (χ1n) is 6.83. The summed E-state index contributed by atoms with van der Waals surface area (Å²) in [7, 11) is 0. The van der Waals surface area contributed by atoms with Gasteiger partial charge in [0.2, 0.25) is 0 Å². The number of pyridine rings is 1. The molecule has 0 saturated heterocycles. The van der Waals surface area contributed by atoms with Crippen LogP contribution < -0.4 is 0 Å². The van der Waals surface area contributed by atoms with E-state index in [2.05, 4.69) is 37.3 Å². The SMILES string of the molecule is C[C@H](Cc1ccc2ccccc2n1)c1ccccc1Cl. The van der Waals surface area contributed by atoms with E-state index in [0.717, 1.165) is 22.7 Å². The zero-order valence-electron chi connectivity index (χ0n) is 11.4. The fourth-order valence-corrected chi connectivity index (χ4v) is 2.84. The monoisotopic (exact) mass is 281 g/mol. The third-order valence-corrected chi connectivity index (χ3v) is 3.95. The van der Waals surface area contributed by atoms with Gasteiger partial charge in [-0.2, -0.15) is 0 Å². The van der Waals surface area contributed by atoms with E-state index in [1.54, 1.807) is 0 Å². The molecular weight excluding hydrogens is 266 g/mol. The lowest BCUT2D eigenvalue weighted by Gasteiger charge is -2.13. The molecule has 0 unspecified atom stereocenters. The predicted molar refractivity (Wildman–Crippen MR) is 85.3 cm³/mol. The van der Waals surface area contributed by atoms with Crippen molar-refractivity contribution in [2.24, 2.45) is 0 Å². The van der Waals surface area contributed by atoms with Gasteiger partial charge in [0.1, 0.15) is 0 Å². The van der Waals surface area contributed by atoms with Gasteiger partial charge in [-0.1, -0.05) is 61.0 Å². The second-order valence-corrected chi connectivity index (χ2v) is 5.53. The summed E-state index contributed by atoms with van der Waals surface area (Å²) in [5.74, 6) is 0.359. The van der Waals surface area contributed by atoms with E-state index in [-0.39, 0.29) is 0 Å². The molecule has 0 aliphatic carbocycles. The molecule has 0 spiro atoms. The molecule has 0 saturated carbocycles. The molecule has 0 radical (unpaired) electrons. The van der Waals surface area contributed by atoms with E-state index in [0.29, 0.717) is 5.92 Å². The minimum absolute atomic E-state index is 0.359. The molecule has 0 amide bonds. The standard InChI is InChI=1S/C18H16ClN/c1-13(16-7-3-4-8-17(16)19)12-15-11-10-14-6-2-5-9-18(14)20-15/h2-11,13H,12H2,1H3/t13-/m1/s1. The van der Waals surface area contributed by atoms with Crippen LogP contribution in [0.4, 0.5) is 0 Å². The van der Waals surface area contributed by atoms with Gasteiger partial charge in [-0.25, -0.2) is 0 Å². The van der Waals surface area contributed by atoms with Crippen molar-refractivity contribution in [1.82, 2.24) is 4.98 Å². The average Bonchev–Trinajstić information content (AvgIpc) is 2.47. The largest absolute Gasteiger partial charge is 0.253 e. The molecule has 3 rings (SSSR count). The number of fused-ring (bicyclic) bond motifs is 1. The second kappa shape index (κ2) is 5.64. The number of nitrogens with zero attached hydrogens (tertiary/aromatic N) is 1. The van der Waals surface area contributed by atoms with Crippen molar-refractivity contribution in [2.45, 2.75) is 19.3 Å². The topological polar surface area (TPSA) is 12.9 Å². The van der Waals surface area contributed by atoms with Crippen molar-refractivity contribution in [2.75, 3.05) is 0 Å². The van der Waals surface area contributed by atoms with Crippen molar-refractivity contribution in [3.8, 4) is 0 Å². The molecule has 1 atom stereocenters. The first-order valence-corrected chi connectivity index (χ1v) is 7.21. The Morgan fingerprint density at radius 3 is 2.55 bits per heavy atom. The van der Waals surface area contributed by atoms with Gasteiger partial charge in [0.15, 0.2) is 0 Å². The highest BCUT2D eigenvalue weighted by atomic mass is 35.5. The third kappa shape index (κ3) is 2.68. The maximum absolute atomic E-state index is 6.26. The highest BCUT2D eigenvalue weighted by molar-refractivity contribution is 6.31. The van der Waals surface area contributed by atoms with Gasteiger partial charge in [0.05, 0.1) is 5.52 Å². The molecule has 20 heavy (non-hydrogen) atoms. The van der Waals surface area contributed by atoms with E-state index in [1.807, 2.05) is 30.3 Å². The summed E-state index contributed by atoms with van der Waals surface area (Å²) in [6.45, 7) is 2.19. The molecule has 0 bridgehead atoms. The lowest BCUT2D eigenvalue weighted by Crippen LogP contribution is -2.01. The molecule has 2 heteroatoms. The first kappa shape index (κ1) is 13.1. The lowest BCUT2D eigenvalue weighted by atomic mass is 9.95. The lowest BCUT2D eigenvalue weighted by molar-refractivity contribution is 0.744. The van der Waals surface area contributed by atoms with E-state index in [4.69, 9.17) is 16.6 Å². The fraction of sp³-hybridized carbons (Fsp3) is 0.167. The van der Waals surface area contributed by atoms with Crippen LogP contribution in [0.25, 0.3) is 10.9 Å². The van der Waals surface area contributed by atoms with Crippen LogP contribution in [0.2, 0.25) is 5.02 Å². The summed E-state index contributed by atoms with van der Waals surface area (Å²) in [4.78, 5) is 4.73. The summed E-state index contributed by atoms with van der Waals surface area (Å²) >= 11 is 6.26. The highest BCUT2D eigenvalue weighted by Crippen LogP contribution is 2.27. The van der Waals surface area contributed by atoms with E-state index >= 15 is 0 Å². The molecule has 0 fully saturated rings. The van der Waals surface area contributed by atoms with Gasteiger partial charge in [0.25, 0.3) is 0 Å². The smallest absolute Gasteiger partial charge is 0.0705 e. The van der Waals surface area contributed by atoms with Gasteiger partial charge in [-0.15, -0.1) is 0 Å². The molecule has 100 valence electrons. The van der Waals surface area contributed by atoms with Gasteiger partial charge in [0, 0.05) is 16.1 Å². The zero-order valence-corrected chi connectivity index (χ0v) is 12.1. The fourth-order valence-electron chi connectivity index (χ4n) is 2.52. The number of hydrogen-bond donors (Lipinski definition) is 0. The van der Waals surface area contributed by atoms with Crippen LogP contribution in [0.3, 0.4) is 0 Å². The molecule has 0 aliphatic heterocycles. The van der Waals surface area contributed by atoms with Crippen molar-refractivity contribution >= 4 is 22.5 Å². The first-order chi connectivity index (χ1) is 9.74. The molecule has 3 aromatic rings. The van der Waals surface area contributed by atoms with Gasteiger partial charge >= 0.3 is 0 Å². The Morgan fingerprint density at radius 2 is 1.70 bits per heavy atom. The van der Waals surface area contributed by atoms with E-state index in [1.165, 1.54) is 10.9 Å². The summed E-state index contributed by atoms with van der Waals surface area (Å²) in [6, 6.07) is 20.5. The molecule has 1 nitrogen and oxygen atoms in total. The summed E-state index contributed by atoms with van der Waals surface area (Å²) < 4.78 is 0. The Labute approximate surface area is 124 Å². The van der Waals surface area contributed by atoms with Crippen LogP contribution in [0.1, 0.15) is 24.1 Å². The molecule has 1 aromatic heterocycles. The number of aromatic nitrogens is 1. The van der Waals surface area contributed by atoms with Crippen LogP contribution in [0.5, 0.6) is 0 Å². The summed E-state index contributed by atoms with van der Waals surface area (Å²) in [5, 5.41) is 2.02. The van der Waals surface area contributed by atoms with Crippen molar-refractivity contribution in [3.05, 3.63) is 76.9 Å². The summed E-state index contributed by atoms with van der Waals surface area (Å²) in [5.41, 5.74) is 3.34.